The van der Waals surface area contributed by atoms with Crippen LogP contribution in [-0.4, -0.2) is 15.7 Å². The minimum absolute atomic E-state index is 0.124. The Morgan fingerprint density at radius 3 is 2.57 bits per heavy atom. The van der Waals surface area contributed by atoms with Gasteiger partial charge in [0.15, 0.2) is 0 Å². The summed E-state index contributed by atoms with van der Waals surface area (Å²) in [6.45, 7) is 6.48. The number of nitrogens with one attached hydrogen (secondary N) is 1. The first-order valence-electron chi connectivity index (χ1n) is 9.01. The lowest BCUT2D eigenvalue weighted by atomic mass is 10.1. The third-order valence-electron chi connectivity index (χ3n) is 4.71. The maximum atomic E-state index is 13.1. The van der Waals surface area contributed by atoms with Crippen LogP contribution >= 0.6 is 11.3 Å². The molecule has 4 rings (SSSR count). The van der Waals surface area contributed by atoms with E-state index >= 15 is 0 Å². The molecule has 0 fully saturated rings. The number of hydrogen-bond acceptors (Lipinski definition) is 3. The number of aryl methyl sites for hydroxylation is 3. The Kier molecular flexibility index (Phi) is 4.73. The van der Waals surface area contributed by atoms with Gasteiger partial charge >= 0.3 is 0 Å². The smallest absolute Gasteiger partial charge is 0.265 e. The molecule has 4 aromatic rings. The molecule has 0 atom stereocenters. The SMILES string of the molecule is Cc1ccc(NC(=O)c2cc3c(C)nn(Cc4ccc(F)cc4)c3s2)c(C)c1. The second-order valence-corrected chi connectivity index (χ2v) is 8.00. The molecule has 2 heterocycles. The van der Waals surface area contributed by atoms with Crippen molar-refractivity contribution < 1.29 is 9.18 Å². The van der Waals surface area contributed by atoms with E-state index in [1.165, 1.54) is 23.5 Å². The summed E-state index contributed by atoms with van der Waals surface area (Å²) in [7, 11) is 0. The van der Waals surface area contributed by atoms with Crippen LogP contribution in [0.25, 0.3) is 10.2 Å². The van der Waals surface area contributed by atoms with E-state index in [1.54, 1.807) is 12.1 Å². The highest BCUT2D eigenvalue weighted by Crippen LogP contribution is 2.30. The van der Waals surface area contributed by atoms with Gasteiger partial charge in [0, 0.05) is 11.1 Å². The van der Waals surface area contributed by atoms with Gasteiger partial charge in [-0.15, -0.1) is 11.3 Å². The predicted octanol–water partition coefficient (Wildman–Crippen LogP) is 5.46. The van der Waals surface area contributed by atoms with Gasteiger partial charge in [-0.25, -0.2) is 4.39 Å². The van der Waals surface area contributed by atoms with Crippen LogP contribution < -0.4 is 5.32 Å². The van der Waals surface area contributed by atoms with Crippen molar-refractivity contribution >= 4 is 33.1 Å². The van der Waals surface area contributed by atoms with E-state index in [2.05, 4.69) is 10.4 Å². The molecule has 4 nitrogen and oxygen atoms in total. The molecular formula is C22H20FN3OS. The average Bonchev–Trinajstić information content (AvgIpc) is 3.21. The molecule has 28 heavy (non-hydrogen) atoms. The van der Waals surface area contributed by atoms with Gasteiger partial charge in [0.25, 0.3) is 5.91 Å². The zero-order valence-corrected chi connectivity index (χ0v) is 16.7. The molecule has 0 unspecified atom stereocenters. The van der Waals surface area contributed by atoms with Gasteiger partial charge in [0.05, 0.1) is 17.1 Å². The molecule has 2 aromatic heterocycles. The highest BCUT2D eigenvalue weighted by Gasteiger charge is 2.17. The summed E-state index contributed by atoms with van der Waals surface area (Å²) < 4.78 is 15.0. The van der Waals surface area contributed by atoms with Crippen LogP contribution in [0.3, 0.4) is 0 Å². The summed E-state index contributed by atoms with van der Waals surface area (Å²) in [4.78, 5) is 14.3. The average molecular weight is 393 g/mol. The molecule has 1 amide bonds. The van der Waals surface area contributed by atoms with Crippen molar-refractivity contribution in [2.45, 2.75) is 27.3 Å². The van der Waals surface area contributed by atoms with Crippen LogP contribution in [0.5, 0.6) is 0 Å². The number of carbonyl (C=O) groups excluding carboxylic acids is 1. The number of anilines is 1. The number of rotatable bonds is 4. The summed E-state index contributed by atoms with van der Waals surface area (Å²) in [6, 6.07) is 14.2. The van der Waals surface area contributed by atoms with Crippen LogP contribution in [-0.2, 0) is 6.54 Å². The van der Waals surface area contributed by atoms with Crippen molar-refractivity contribution in [3.05, 3.63) is 81.6 Å². The third kappa shape index (κ3) is 3.55. The molecule has 0 saturated carbocycles. The van der Waals surface area contributed by atoms with E-state index in [0.717, 1.165) is 38.3 Å². The van der Waals surface area contributed by atoms with E-state index in [1.807, 2.05) is 49.7 Å². The summed E-state index contributed by atoms with van der Waals surface area (Å²) in [5.74, 6) is -0.382. The maximum absolute atomic E-state index is 13.1. The van der Waals surface area contributed by atoms with Gasteiger partial charge in [-0.05, 0) is 56.2 Å². The molecule has 0 aliphatic rings. The van der Waals surface area contributed by atoms with Crippen molar-refractivity contribution in [2.24, 2.45) is 0 Å². The zero-order valence-electron chi connectivity index (χ0n) is 15.9. The largest absolute Gasteiger partial charge is 0.321 e. The van der Waals surface area contributed by atoms with Gasteiger partial charge in [-0.2, -0.15) is 5.10 Å². The maximum Gasteiger partial charge on any atom is 0.265 e. The van der Waals surface area contributed by atoms with E-state index in [9.17, 15) is 9.18 Å². The van der Waals surface area contributed by atoms with E-state index in [4.69, 9.17) is 0 Å². The van der Waals surface area contributed by atoms with Crippen molar-refractivity contribution in [1.82, 2.24) is 9.78 Å². The number of benzene rings is 2. The minimum atomic E-state index is -0.257. The Hall–Kier alpha value is -2.99. The van der Waals surface area contributed by atoms with Gasteiger partial charge in [0.1, 0.15) is 10.6 Å². The Morgan fingerprint density at radius 1 is 1.11 bits per heavy atom. The van der Waals surface area contributed by atoms with Crippen molar-refractivity contribution in [3.8, 4) is 0 Å². The summed E-state index contributed by atoms with van der Waals surface area (Å²) in [5, 5.41) is 8.55. The second kappa shape index (κ2) is 7.20. The molecule has 2 aromatic carbocycles. The van der Waals surface area contributed by atoms with Crippen LogP contribution in [0.15, 0.2) is 48.5 Å². The molecule has 0 saturated heterocycles. The molecule has 142 valence electrons. The zero-order chi connectivity index (χ0) is 19.8. The number of hydrogen-bond donors (Lipinski definition) is 1. The third-order valence-corrected chi connectivity index (χ3v) is 5.85. The fourth-order valence-corrected chi connectivity index (χ4v) is 4.29. The molecule has 0 aliphatic carbocycles. The molecule has 0 spiro atoms. The van der Waals surface area contributed by atoms with E-state index in [-0.39, 0.29) is 11.7 Å². The minimum Gasteiger partial charge on any atom is -0.321 e. The van der Waals surface area contributed by atoms with Gasteiger partial charge in [-0.1, -0.05) is 29.8 Å². The number of nitrogens with zero attached hydrogens (tertiary/aromatic N) is 2. The van der Waals surface area contributed by atoms with Crippen LogP contribution in [0.4, 0.5) is 10.1 Å². The van der Waals surface area contributed by atoms with Crippen LogP contribution in [0.2, 0.25) is 0 Å². The molecule has 0 aliphatic heterocycles. The number of thiophene rings is 1. The predicted molar refractivity (Wildman–Crippen MR) is 112 cm³/mol. The first-order valence-corrected chi connectivity index (χ1v) is 9.82. The van der Waals surface area contributed by atoms with Gasteiger partial charge < -0.3 is 5.32 Å². The highest BCUT2D eigenvalue weighted by molar-refractivity contribution is 7.20. The van der Waals surface area contributed by atoms with Gasteiger partial charge in [-0.3, -0.25) is 9.48 Å². The Labute approximate surface area is 166 Å². The molecule has 1 N–H and O–H groups in total. The number of amides is 1. The lowest BCUT2D eigenvalue weighted by Crippen LogP contribution is -2.11. The van der Waals surface area contributed by atoms with Crippen LogP contribution in [0, 0.1) is 26.6 Å². The quantitative estimate of drug-likeness (QED) is 0.500. The molecule has 0 radical (unpaired) electrons. The molecule has 0 bridgehead atoms. The van der Waals surface area contributed by atoms with Crippen LogP contribution in [0.1, 0.15) is 32.1 Å². The first-order chi connectivity index (χ1) is 13.4. The molecular weight excluding hydrogens is 373 g/mol. The normalized spacial score (nSPS) is 11.1. The first kappa shape index (κ1) is 18.4. The van der Waals surface area contributed by atoms with E-state index < -0.39 is 0 Å². The Bertz CT molecular complexity index is 1170. The number of halogens is 1. The second-order valence-electron chi connectivity index (χ2n) is 6.97. The Balaban J connectivity index is 1.62. The fourth-order valence-electron chi connectivity index (χ4n) is 3.23. The highest BCUT2D eigenvalue weighted by atomic mass is 32.1. The lowest BCUT2D eigenvalue weighted by molar-refractivity contribution is 0.103. The van der Waals surface area contributed by atoms with Crippen molar-refractivity contribution in [2.75, 3.05) is 5.32 Å². The van der Waals surface area contributed by atoms with Crippen molar-refractivity contribution in [1.29, 1.82) is 0 Å². The summed E-state index contributed by atoms with van der Waals surface area (Å²) in [5.41, 5.74) is 4.85. The molecule has 6 heteroatoms. The number of aromatic nitrogens is 2. The standard InChI is InChI=1S/C22H20FN3OS/c1-13-4-9-19(14(2)10-13)24-21(27)20-11-18-15(3)25-26(22(18)28-20)12-16-5-7-17(23)8-6-16/h4-11H,12H2,1-3H3,(H,24,27). The monoisotopic (exact) mass is 393 g/mol. The Morgan fingerprint density at radius 2 is 1.86 bits per heavy atom. The topological polar surface area (TPSA) is 46.9 Å². The summed E-state index contributed by atoms with van der Waals surface area (Å²) >= 11 is 1.42. The van der Waals surface area contributed by atoms with Gasteiger partial charge in [0.2, 0.25) is 0 Å². The fraction of sp³-hybridized carbons (Fsp3) is 0.182. The van der Waals surface area contributed by atoms with Crippen molar-refractivity contribution in [3.63, 3.8) is 0 Å². The number of fused-ring (bicyclic) bond motifs is 1. The lowest BCUT2D eigenvalue weighted by Gasteiger charge is -2.08. The summed E-state index contributed by atoms with van der Waals surface area (Å²) in [6.07, 6.45) is 0. The van der Waals surface area contributed by atoms with E-state index in [0.29, 0.717) is 11.4 Å². The number of carbonyl (C=O) groups is 1.